The van der Waals surface area contributed by atoms with E-state index in [0.29, 0.717) is 17.1 Å². The molecule has 17 heavy (non-hydrogen) atoms. The van der Waals surface area contributed by atoms with E-state index < -0.39 is 4.92 Å². The van der Waals surface area contributed by atoms with E-state index in [2.05, 4.69) is 5.32 Å². The van der Waals surface area contributed by atoms with Crippen molar-refractivity contribution in [2.45, 2.75) is 13.8 Å². The van der Waals surface area contributed by atoms with Gasteiger partial charge in [-0.2, -0.15) is 0 Å². The predicted molar refractivity (Wildman–Crippen MR) is 67.0 cm³/mol. The molecule has 0 amide bonds. The van der Waals surface area contributed by atoms with Gasteiger partial charge in [0.15, 0.2) is 0 Å². The molecule has 90 valence electrons. The first-order chi connectivity index (χ1) is 7.91. The number of non-ortho nitro benzene ring substituents is 1. The lowest BCUT2D eigenvalue weighted by Gasteiger charge is -2.09. The molecule has 0 saturated carbocycles. The zero-order valence-corrected chi connectivity index (χ0v) is 9.65. The number of hydrogen-bond acceptors (Lipinski definition) is 5. The van der Waals surface area contributed by atoms with E-state index in [1.165, 1.54) is 12.1 Å². The van der Waals surface area contributed by atoms with Crippen molar-refractivity contribution in [3.63, 3.8) is 0 Å². The SMILES string of the molecule is CC(=N)/C(N)=C(/C)Nc1ccc([N+](=O)[O-])cc1. The third-order valence-electron chi connectivity index (χ3n) is 2.22. The van der Waals surface area contributed by atoms with Gasteiger partial charge in [-0.3, -0.25) is 10.1 Å². The fourth-order valence-corrected chi connectivity index (χ4v) is 1.23. The predicted octanol–water partition coefficient (Wildman–Crippen LogP) is 2.24. The lowest BCUT2D eigenvalue weighted by molar-refractivity contribution is -0.384. The smallest absolute Gasteiger partial charge is 0.269 e. The molecule has 1 aromatic rings. The van der Waals surface area contributed by atoms with Crippen LogP contribution in [-0.2, 0) is 0 Å². The van der Waals surface area contributed by atoms with Crippen LogP contribution in [0.15, 0.2) is 35.7 Å². The van der Waals surface area contributed by atoms with E-state index in [1.807, 2.05) is 0 Å². The Morgan fingerprint density at radius 2 is 1.88 bits per heavy atom. The third-order valence-corrected chi connectivity index (χ3v) is 2.22. The summed E-state index contributed by atoms with van der Waals surface area (Å²) in [7, 11) is 0. The Morgan fingerprint density at radius 1 is 1.35 bits per heavy atom. The number of benzene rings is 1. The molecule has 0 aliphatic heterocycles. The van der Waals surface area contributed by atoms with Crippen LogP contribution in [0.4, 0.5) is 11.4 Å². The molecule has 6 nitrogen and oxygen atoms in total. The summed E-state index contributed by atoms with van der Waals surface area (Å²) in [6, 6.07) is 5.99. The normalized spacial score (nSPS) is 11.6. The minimum absolute atomic E-state index is 0.0355. The molecule has 0 aliphatic rings. The van der Waals surface area contributed by atoms with Crippen molar-refractivity contribution in [2.75, 3.05) is 5.32 Å². The van der Waals surface area contributed by atoms with Crippen molar-refractivity contribution in [1.29, 1.82) is 5.41 Å². The van der Waals surface area contributed by atoms with Crippen molar-refractivity contribution in [3.8, 4) is 0 Å². The monoisotopic (exact) mass is 234 g/mol. The highest BCUT2D eigenvalue weighted by Crippen LogP contribution is 2.17. The highest BCUT2D eigenvalue weighted by molar-refractivity contribution is 5.95. The second-order valence-corrected chi connectivity index (χ2v) is 3.59. The lowest BCUT2D eigenvalue weighted by Crippen LogP contribution is -2.13. The van der Waals surface area contributed by atoms with Crippen molar-refractivity contribution < 1.29 is 4.92 Å². The quantitative estimate of drug-likeness (QED) is 0.422. The van der Waals surface area contributed by atoms with Gasteiger partial charge < -0.3 is 16.5 Å². The average molecular weight is 234 g/mol. The summed E-state index contributed by atoms with van der Waals surface area (Å²) in [6.07, 6.45) is 0. The van der Waals surface area contributed by atoms with Gasteiger partial charge in [-0.15, -0.1) is 0 Å². The van der Waals surface area contributed by atoms with Gasteiger partial charge in [-0.05, 0) is 26.0 Å². The molecule has 0 aromatic heterocycles. The molecule has 0 saturated heterocycles. The van der Waals surface area contributed by atoms with Crippen molar-refractivity contribution in [3.05, 3.63) is 45.8 Å². The number of anilines is 1. The first-order valence-corrected chi connectivity index (χ1v) is 4.95. The van der Waals surface area contributed by atoms with Gasteiger partial charge in [-0.25, -0.2) is 0 Å². The zero-order chi connectivity index (χ0) is 13.0. The number of rotatable bonds is 4. The van der Waals surface area contributed by atoms with Crippen molar-refractivity contribution in [2.24, 2.45) is 5.73 Å². The van der Waals surface area contributed by atoms with E-state index in [9.17, 15) is 10.1 Å². The molecule has 4 N–H and O–H groups in total. The molecular formula is C11H14N4O2. The van der Waals surface area contributed by atoms with Crippen LogP contribution < -0.4 is 11.1 Å². The van der Waals surface area contributed by atoms with E-state index in [4.69, 9.17) is 11.1 Å². The molecule has 0 aliphatic carbocycles. The first-order valence-electron chi connectivity index (χ1n) is 4.95. The Balaban J connectivity index is 2.87. The Morgan fingerprint density at radius 3 is 2.29 bits per heavy atom. The molecule has 0 atom stereocenters. The number of allylic oxidation sites excluding steroid dienone is 2. The molecule has 0 fully saturated rings. The second-order valence-electron chi connectivity index (χ2n) is 3.59. The van der Waals surface area contributed by atoms with Gasteiger partial charge in [0.25, 0.3) is 5.69 Å². The Kier molecular flexibility index (Phi) is 3.82. The van der Waals surface area contributed by atoms with Gasteiger partial charge in [0.1, 0.15) is 0 Å². The van der Waals surface area contributed by atoms with E-state index >= 15 is 0 Å². The highest BCUT2D eigenvalue weighted by Gasteiger charge is 2.05. The van der Waals surface area contributed by atoms with Crippen LogP contribution in [0.3, 0.4) is 0 Å². The number of nitrogens with zero attached hydrogens (tertiary/aromatic N) is 1. The molecule has 0 spiro atoms. The fraction of sp³-hybridized carbons (Fsp3) is 0.182. The maximum absolute atomic E-state index is 10.5. The maximum atomic E-state index is 10.5. The summed E-state index contributed by atoms with van der Waals surface area (Å²) in [6.45, 7) is 3.34. The summed E-state index contributed by atoms with van der Waals surface area (Å²) in [4.78, 5) is 10.0. The van der Waals surface area contributed by atoms with Crippen LogP contribution in [0.5, 0.6) is 0 Å². The van der Waals surface area contributed by atoms with Crippen LogP contribution in [0.1, 0.15) is 13.8 Å². The molecule has 0 bridgehead atoms. The van der Waals surface area contributed by atoms with Crippen LogP contribution >= 0.6 is 0 Å². The van der Waals surface area contributed by atoms with Crippen LogP contribution in [0.25, 0.3) is 0 Å². The summed E-state index contributed by atoms with van der Waals surface area (Å²) in [5.41, 5.74) is 7.68. The summed E-state index contributed by atoms with van der Waals surface area (Å²) >= 11 is 0. The lowest BCUT2D eigenvalue weighted by atomic mass is 10.2. The second kappa shape index (κ2) is 5.11. The molecule has 1 rings (SSSR count). The topological polar surface area (TPSA) is 105 Å². The largest absolute Gasteiger partial charge is 0.396 e. The molecule has 0 heterocycles. The first kappa shape index (κ1) is 12.7. The van der Waals surface area contributed by atoms with E-state index in [1.54, 1.807) is 26.0 Å². The van der Waals surface area contributed by atoms with Crippen molar-refractivity contribution >= 4 is 17.1 Å². The van der Waals surface area contributed by atoms with E-state index in [0.717, 1.165) is 0 Å². The van der Waals surface area contributed by atoms with Gasteiger partial charge in [0.2, 0.25) is 0 Å². The van der Waals surface area contributed by atoms with Gasteiger partial charge in [0, 0.05) is 23.5 Å². The minimum Gasteiger partial charge on any atom is -0.396 e. The standard InChI is InChI=1S/C11H14N4O2/c1-7(12)11(13)8(2)14-9-3-5-10(6-4-9)15(16)17/h3-6,12,14H,13H2,1-2H3/b11-8+,12-7?. The number of nitro groups is 1. The fourth-order valence-electron chi connectivity index (χ4n) is 1.23. The minimum atomic E-state index is -0.456. The average Bonchev–Trinajstić information content (AvgIpc) is 2.28. The van der Waals surface area contributed by atoms with E-state index in [-0.39, 0.29) is 11.4 Å². The number of nitrogens with one attached hydrogen (secondary N) is 2. The molecule has 6 heteroatoms. The van der Waals surface area contributed by atoms with Gasteiger partial charge in [-0.1, -0.05) is 0 Å². The van der Waals surface area contributed by atoms with Crippen LogP contribution in [0.2, 0.25) is 0 Å². The van der Waals surface area contributed by atoms with Crippen molar-refractivity contribution in [1.82, 2.24) is 0 Å². The van der Waals surface area contributed by atoms with Crippen LogP contribution in [0, 0.1) is 15.5 Å². The number of hydrogen-bond donors (Lipinski definition) is 3. The third kappa shape index (κ3) is 3.30. The number of nitro benzene ring substituents is 1. The van der Waals surface area contributed by atoms with Gasteiger partial charge >= 0.3 is 0 Å². The molecule has 0 radical (unpaired) electrons. The Labute approximate surface area is 98.8 Å². The molecule has 1 aromatic carbocycles. The molecular weight excluding hydrogens is 220 g/mol. The van der Waals surface area contributed by atoms with Gasteiger partial charge in [0.05, 0.1) is 16.3 Å². The van der Waals surface area contributed by atoms with Crippen LogP contribution in [-0.4, -0.2) is 10.6 Å². The summed E-state index contributed by atoms with van der Waals surface area (Å²) < 4.78 is 0. The zero-order valence-electron chi connectivity index (χ0n) is 9.65. The summed E-state index contributed by atoms with van der Waals surface area (Å²) in [5, 5.41) is 20.8. The molecule has 0 unspecified atom stereocenters. The Bertz CT molecular complexity index is 477. The summed E-state index contributed by atoms with van der Waals surface area (Å²) in [5.74, 6) is 0. The maximum Gasteiger partial charge on any atom is 0.269 e. The number of nitrogens with two attached hydrogens (primary N) is 1. The Hall–Kier alpha value is -2.37. The highest BCUT2D eigenvalue weighted by atomic mass is 16.6.